The van der Waals surface area contributed by atoms with E-state index in [2.05, 4.69) is 27.1 Å². The van der Waals surface area contributed by atoms with E-state index in [-0.39, 0.29) is 0 Å². The molecule has 1 aromatic heterocycles. The highest BCUT2D eigenvalue weighted by molar-refractivity contribution is 5.37. The van der Waals surface area contributed by atoms with Crippen LogP contribution in [0.4, 0.5) is 5.95 Å². The number of nitrogens with one attached hydrogen (secondary N) is 1. The van der Waals surface area contributed by atoms with E-state index < -0.39 is 0 Å². The van der Waals surface area contributed by atoms with Crippen molar-refractivity contribution in [1.29, 1.82) is 0 Å². The Morgan fingerprint density at radius 2 is 2.26 bits per heavy atom. The van der Waals surface area contributed by atoms with Crippen molar-refractivity contribution in [3.63, 3.8) is 0 Å². The standard InChI is InChI=1S/C14H24N4O/c1-4-15-10-12-7-6-8-18(12)14-16-11(3)9-13(17-14)19-5-2/h9,12,15H,4-8,10H2,1-3H3. The molecule has 2 heterocycles. The van der Waals surface area contributed by atoms with E-state index in [0.29, 0.717) is 18.5 Å². The smallest absolute Gasteiger partial charge is 0.229 e. The molecule has 1 saturated heterocycles. The van der Waals surface area contributed by atoms with Crippen LogP contribution >= 0.6 is 0 Å². The Kier molecular flexibility index (Phi) is 4.96. The number of hydrogen-bond acceptors (Lipinski definition) is 5. The van der Waals surface area contributed by atoms with Gasteiger partial charge in [-0.2, -0.15) is 4.98 Å². The lowest BCUT2D eigenvalue weighted by atomic mass is 10.2. The number of likely N-dealkylation sites (N-methyl/N-ethyl adjacent to an activating group) is 1. The molecule has 0 saturated carbocycles. The Hall–Kier alpha value is -1.36. The first-order valence-electron chi connectivity index (χ1n) is 7.20. The van der Waals surface area contributed by atoms with E-state index in [4.69, 9.17) is 4.74 Å². The maximum absolute atomic E-state index is 5.51. The van der Waals surface area contributed by atoms with Gasteiger partial charge in [0.1, 0.15) is 0 Å². The highest BCUT2D eigenvalue weighted by atomic mass is 16.5. The van der Waals surface area contributed by atoms with Crippen LogP contribution in [0.5, 0.6) is 5.88 Å². The normalized spacial score (nSPS) is 18.9. The van der Waals surface area contributed by atoms with Crippen LogP contribution in [0.25, 0.3) is 0 Å². The number of nitrogens with zero attached hydrogens (tertiary/aromatic N) is 3. The summed E-state index contributed by atoms with van der Waals surface area (Å²) in [6.07, 6.45) is 2.41. The predicted molar refractivity (Wildman–Crippen MR) is 76.8 cm³/mol. The van der Waals surface area contributed by atoms with Gasteiger partial charge in [-0.15, -0.1) is 0 Å². The van der Waals surface area contributed by atoms with Crippen LogP contribution in [0.15, 0.2) is 6.07 Å². The summed E-state index contributed by atoms with van der Waals surface area (Å²) in [7, 11) is 0. The maximum Gasteiger partial charge on any atom is 0.229 e. The summed E-state index contributed by atoms with van der Waals surface area (Å²) in [5.41, 5.74) is 0.961. The molecule has 1 aliphatic rings. The van der Waals surface area contributed by atoms with Crippen LogP contribution in [0, 0.1) is 6.92 Å². The molecule has 0 radical (unpaired) electrons. The lowest BCUT2D eigenvalue weighted by molar-refractivity contribution is 0.325. The SMILES string of the molecule is CCNCC1CCCN1c1nc(C)cc(OCC)n1. The fourth-order valence-electron chi connectivity index (χ4n) is 2.50. The van der Waals surface area contributed by atoms with E-state index >= 15 is 0 Å². The van der Waals surface area contributed by atoms with Gasteiger partial charge in [0.25, 0.3) is 0 Å². The van der Waals surface area contributed by atoms with Gasteiger partial charge in [0, 0.05) is 30.9 Å². The monoisotopic (exact) mass is 264 g/mol. The molecule has 1 fully saturated rings. The summed E-state index contributed by atoms with van der Waals surface area (Å²) < 4.78 is 5.51. The second-order valence-electron chi connectivity index (χ2n) is 4.88. The van der Waals surface area contributed by atoms with Gasteiger partial charge in [-0.3, -0.25) is 0 Å². The molecular formula is C14H24N4O. The number of hydrogen-bond donors (Lipinski definition) is 1. The minimum absolute atomic E-state index is 0.497. The summed E-state index contributed by atoms with van der Waals surface area (Å²) in [6, 6.07) is 2.39. The van der Waals surface area contributed by atoms with Gasteiger partial charge in [-0.1, -0.05) is 6.92 Å². The predicted octanol–water partition coefficient (Wildman–Crippen LogP) is 1.76. The molecule has 106 valence electrons. The fourth-order valence-corrected chi connectivity index (χ4v) is 2.50. The molecular weight excluding hydrogens is 240 g/mol. The molecule has 19 heavy (non-hydrogen) atoms. The third-order valence-electron chi connectivity index (χ3n) is 3.38. The van der Waals surface area contributed by atoms with Crippen LogP contribution in [0.1, 0.15) is 32.4 Å². The van der Waals surface area contributed by atoms with E-state index in [1.54, 1.807) is 0 Å². The van der Waals surface area contributed by atoms with Crippen molar-refractivity contribution in [2.45, 2.75) is 39.7 Å². The molecule has 0 bridgehead atoms. The molecule has 0 aromatic carbocycles. The van der Waals surface area contributed by atoms with Gasteiger partial charge in [0.05, 0.1) is 6.61 Å². The molecule has 2 rings (SSSR count). The molecule has 1 unspecified atom stereocenters. The summed E-state index contributed by atoms with van der Waals surface area (Å²) in [6.45, 7) is 9.77. The molecule has 0 amide bonds. The van der Waals surface area contributed by atoms with Gasteiger partial charge in [0.2, 0.25) is 11.8 Å². The second kappa shape index (κ2) is 6.70. The third kappa shape index (κ3) is 3.56. The summed E-state index contributed by atoms with van der Waals surface area (Å²) in [4.78, 5) is 11.4. The van der Waals surface area contributed by atoms with Crippen molar-refractivity contribution in [3.8, 4) is 5.88 Å². The van der Waals surface area contributed by atoms with Crippen molar-refractivity contribution in [2.24, 2.45) is 0 Å². The van der Waals surface area contributed by atoms with Crippen molar-refractivity contribution in [2.75, 3.05) is 31.1 Å². The molecule has 1 N–H and O–H groups in total. The van der Waals surface area contributed by atoms with E-state index in [1.165, 1.54) is 12.8 Å². The van der Waals surface area contributed by atoms with Gasteiger partial charge >= 0.3 is 0 Å². The van der Waals surface area contributed by atoms with E-state index in [0.717, 1.165) is 31.3 Å². The van der Waals surface area contributed by atoms with Crippen LogP contribution in [0.2, 0.25) is 0 Å². The highest BCUT2D eigenvalue weighted by Gasteiger charge is 2.26. The van der Waals surface area contributed by atoms with E-state index in [1.807, 2.05) is 19.9 Å². The quantitative estimate of drug-likeness (QED) is 0.848. The summed E-state index contributed by atoms with van der Waals surface area (Å²) >= 11 is 0. The van der Waals surface area contributed by atoms with Crippen LogP contribution in [-0.2, 0) is 0 Å². The molecule has 0 aliphatic carbocycles. The van der Waals surface area contributed by atoms with Crippen LogP contribution < -0.4 is 15.0 Å². The van der Waals surface area contributed by atoms with Crippen LogP contribution in [-0.4, -0.2) is 42.3 Å². The first-order valence-corrected chi connectivity index (χ1v) is 7.20. The molecule has 1 aliphatic heterocycles. The largest absolute Gasteiger partial charge is 0.478 e. The van der Waals surface area contributed by atoms with Gasteiger partial charge in [0.15, 0.2) is 0 Å². The van der Waals surface area contributed by atoms with E-state index in [9.17, 15) is 0 Å². The topological polar surface area (TPSA) is 50.3 Å². The average Bonchev–Trinajstić information content (AvgIpc) is 2.84. The van der Waals surface area contributed by atoms with Crippen molar-refractivity contribution >= 4 is 5.95 Å². The summed E-state index contributed by atoms with van der Waals surface area (Å²) in [5.74, 6) is 1.49. The van der Waals surface area contributed by atoms with Gasteiger partial charge in [-0.25, -0.2) is 4.98 Å². The minimum Gasteiger partial charge on any atom is -0.478 e. The Bertz CT molecular complexity index is 410. The van der Waals surface area contributed by atoms with Crippen molar-refractivity contribution in [1.82, 2.24) is 15.3 Å². The number of ether oxygens (including phenoxy) is 1. The van der Waals surface area contributed by atoms with Gasteiger partial charge < -0.3 is 15.0 Å². The Morgan fingerprint density at radius 1 is 1.42 bits per heavy atom. The van der Waals surface area contributed by atoms with Gasteiger partial charge in [-0.05, 0) is 33.2 Å². The molecule has 5 nitrogen and oxygen atoms in total. The van der Waals surface area contributed by atoms with Crippen LogP contribution in [0.3, 0.4) is 0 Å². The second-order valence-corrected chi connectivity index (χ2v) is 4.88. The fraction of sp³-hybridized carbons (Fsp3) is 0.714. The highest BCUT2D eigenvalue weighted by Crippen LogP contribution is 2.24. The minimum atomic E-state index is 0.497. The Balaban J connectivity index is 2.15. The zero-order chi connectivity index (χ0) is 13.7. The Labute approximate surface area is 115 Å². The summed E-state index contributed by atoms with van der Waals surface area (Å²) in [5, 5.41) is 3.42. The first-order chi connectivity index (χ1) is 9.24. The lowest BCUT2D eigenvalue weighted by Gasteiger charge is -2.25. The first kappa shape index (κ1) is 14.1. The molecule has 1 aromatic rings. The van der Waals surface area contributed by atoms with Crippen molar-refractivity contribution in [3.05, 3.63) is 11.8 Å². The third-order valence-corrected chi connectivity index (χ3v) is 3.38. The molecule has 1 atom stereocenters. The lowest BCUT2D eigenvalue weighted by Crippen LogP contribution is -2.39. The maximum atomic E-state index is 5.51. The number of aromatic nitrogens is 2. The average molecular weight is 264 g/mol. The molecule has 0 spiro atoms. The zero-order valence-electron chi connectivity index (χ0n) is 12.1. The number of anilines is 1. The number of aryl methyl sites for hydroxylation is 1. The molecule has 5 heteroatoms. The number of rotatable bonds is 6. The zero-order valence-corrected chi connectivity index (χ0v) is 12.1. The van der Waals surface area contributed by atoms with Crippen molar-refractivity contribution < 1.29 is 4.74 Å². The Morgan fingerprint density at radius 3 is 3.00 bits per heavy atom.